The van der Waals surface area contributed by atoms with Crippen molar-refractivity contribution in [2.75, 3.05) is 24.5 Å². The number of carbonyl (C=O) groups is 2. The molecule has 0 bridgehead atoms. The van der Waals surface area contributed by atoms with Gasteiger partial charge in [-0.15, -0.1) is 0 Å². The van der Waals surface area contributed by atoms with Crippen LogP contribution in [0.3, 0.4) is 0 Å². The summed E-state index contributed by atoms with van der Waals surface area (Å²) in [5.41, 5.74) is 0.919. The molecule has 39 heavy (non-hydrogen) atoms. The van der Waals surface area contributed by atoms with E-state index in [2.05, 4.69) is 5.32 Å². The number of methoxy groups -OCH3 is 1. The second-order valence-corrected chi connectivity index (χ2v) is 11.5. The van der Waals surface area contributed by atoms with Crippen LogP contribution < -0.4 is 14.4 Å². The number of hydrogen-bond acceptors (Lipinski definition) is 5. The minimum absolute atomic E-state index is 0.0484. The molecule has 0 fully saturated rings. The number of hydrogen-bond donors (Lipinski definition) is 1. The molecule has 0 radical (unpaired) electrons. The van der Waals surface area contributed by atoms with Gasteiger partial charge >= 0.3 is 0 Å². The molecule has 8 nitrogen and oxygen atoms in total. The predicted molar refractivity (Wildman–Crippen MR) is 154 cm³/mol. The summed E-state index contributed by atoms with van der Waals surface area (Å²) in [6, 6.07) is 18.1. The van der Waals surface area contributed by atoms with Crippen LogP contribution in [0.2, 0.25) is 10.0 Å². The zero-order valence-corrected chi connectivity index (χ0v) is 24.3. The van der Waals surface area contributed by atoms with Gasteiger partial charge in [0.05, 0.1) is 17.7 Å². The Morgan fingerprint density at radius 3 is 2.31 bits per heavy atom. The molecule has 3 aromatic rings. The fourth-order valence-electron chi connectivity index (χ4n) is 3.84. The lowest BCUT2D eigenvalue weighted by atomic mass is 10.1. The molecule has 0 aliphatic rings. The molecule has 11 heteroatoms. The van der Waals surface area contributed by atoms with Crippen LogP contribution in [0.1, 0.15) is 25.8 Å². The SMILES string of the molecule is CCCNC(=O)C(C)N(Cc1cccc(OC)c1)C(=O)CN(c1cccc(Cl)c1)S(=O)(=O)c1ccc(Cl)cc1. The summed E-state index contributed by atoms with van der Waals surface area (Å²) in [6.07, 6.45) is 0.726. The van der Waals surface area contributed by atoms with E-state index in [1.807, 2.05) is 6.92 Å². The van der Waals surface area contributed by atoms with E-state index < -0.39 is 28.5 Å². The second kappa shape index (κ2) is 13.7. The van der Waals surface area contributed by atoms with Crippen molar-refractivity contribution in [3.63, 3.8) is 0 Å². The predicted octanol–water partition coefficient (Wildman–Crippen LogP) is 5.14. The maximum Gasteiger partial charge on any atom is 0.264 e. The summed E-state index contributed by atoms with van der Waals surface area (Å²) >= 11 is 12.2. The number of benzene rings is 3. The van der Waals surface area contributed by atoms with E-state index in [1.54, 1.807) is 49.4 Å². The molecule has 0 heterocycles. The number of nitrogens with one attached hydrogen (secondary N) is 1. The van der Waals surface area contributed by atoms with Gasteiger partial charge in [0.1, 0.15) is 18.3 Å². The summed E-state index contributed by atoms with van der Waals surface area (Å²) < 4.78 is 33.8. The number of ether oxygens (including phenoxy) is 1. The highest BCUT2D eigenvalue weighted by Crippen LogP contribution is 2.27. The summed E-state index contributed by atoms with van der Waals surface area (Å²) in [5.74, 6) is -0.328. The molecule has 208 valence electrons. The van der Waals surface area contributed by atoms with E-state index in [1.165, 1.54) is 42.3 Å². The normalized spacial score (nSPS) is 11.9. The first kappa shape index (κ1) is 30.3. The average Bonchev–Trinajstić information content (AvgIpc) is 2.93. The Hall–Kier alpha value is -3.27. The van der Waals surface area contributed by atoms with Crippen LogP contribution in [0.5, 0.6) is 5.75 Å². The molecule has 1 atom stereocenters. The number of rotatable bonds is 12. The quantitative estimate of drug-likeness (QED) is 0.314. The lowest BCUT2D eigenvalue weighted by molar-refractivity contribution is -0.139. The van der Waals surface area contributed by atoms with Crippen molar-refractivity contribution in [3.05, 3.63) is 88.4 Å². The average molecular weight is 593 g/mol. The largest absolute Gasteiger partial charge is 0.497 e. The molecule has 0 spiro atoms. The van der Waals surface area contributed by atoms with Gasteiger partial charge in [-0.1, -0.05) is 48.3 Å². The Morgan fingerprint density at radius 1 is 0.974 bits per heavy atom. The van der Waals surface area contributed by atoms with Crippen molar-refractivity contribution in [2.24, 2.45) is 0 Å². The van der Waals surface area contributed by atoms with E-state index in [-0.39, 0.29) is 23.0 Å². The molecule has 3 rings (SSSR count). The van der Waals surface area contributed by atoms with Gasteiger partial charge in [-0.05, 0) is 73.5 Å². The zero-order chi connectivity index (χ0) is 28.6. The first-order valence-electron chi connectivity index (χ1n) is 12.3. The third kappa shape index (κ3) is 7.88. The first-order valence-corrected chi connectivity index (χ1v) is 14.5. The van der Waals surface area contributed by atoms with Crippen LogP contribution in [-0.2, 0) is 26.2 Å². The summed E-state index contributed by atoms with van der Waals surface area (Å²) in [5, 5.41) is 3.48. The number of nitrogens with zero attached hydrogens (tertiary/aromatic N) is 2. The highest BCUT2D eigenvalue weighted by atomic mass is 35.5. The molecule has 1 N–H and O–H groups in total. The van der Waals surface area contributed by atoms with Crippen molar-refractivity contribution >= 4 is 50.7 Å². The molecule has 0 saturated heterocycles. The van der Waals surface area contributed by atoms with Crippen molar-refractivity contribution < 1.29 is 22.7 Å². The molecule has 0 aromatic heterocycles. The van der Waals surface area contributed by atoms with Gasteiger partial charge < -0.3 is 15.0 Å². The topological polar surface area (TPSA) is 96.0 Å². The lowest BCUT2D eigenvalue weighted by Crippen LogP contribution is -2.51. The number of sulfonamides is 1. The first-order chi connectivity index (χ1) is 18.6. The molecule has 0 saturated carbocycles. The molecular weight excluding hydrogens is 561 g/mol. The Kier molecular flexibility index (Phi) is 10.6. The van der Waals surface area contributed by atoms with E-state index in [9.17, 15) is 18.0 Å². The minimum Gasteiger partial charge on any atom is -0.497 e. The van der Waals surface area contributed by atoms with Gasteiger partial charge in [-0.3, -0.25) is 13.9 Å². The Balaban J connectivity index is 2.02. The second-order valence-electron chi connectivity index (χ2n) is 8.79. The molecule has 2 amide bonds. The number of carbonyl (C=O) groups excluding carboxylic acids is 2. The van der Waals surface area contributed by atoms with Gasteiger partial charge in [-0.2, -0.15) is 0 Å². The highest BCUT2D eigenvalue weighted by Gasteiger charge is 2.32. The van der Waals surface area contributed by atoms with Crippen molar-refractivity contribution in [3.8, 4) is 5.75 Å². The van der Waals surface area contributed by atoms with Gasteiger partial charge in [0.25, 0.3) is 10.0 Å². The highest BCUT2D eigenvalue weighted by molar-refractivity contribution is 7.92. The summed E-state index contributed by atoms with van der Waals surface area (Å²) in [6.45, 7) is 3.47. The number of amides is 2. The zero-order valence-electron chi connectivity index (χ0n) is 21.9. The van der Waals surface area contributed by atoms with Crippen LogP contribution in [0.4, 0.5) is 5.69 Å². The molecule has 3 aromatic carbocycles. The maximum absolute atomic E-state index is 13.9. The fraction of sp³-hybridized carbons (Fsp3) is 0.286. The standard InChI is InChI=1S/C28H31Cl2N3O5S/c1-4-15-31-28(35)20(2)32(18-21-7-5-10-25(16-21)38-3)27(34)19-33(24-9-6-8-23(30)17-24)39(36,37)26-13-11-22(29)12-14-26/h5-14,16-17,20H,4,15,18-19H2,1-3H3,(H,31,35). The van der Waals surface area contributed by atoms with E-state index in [0.717, 1.165) is 10.7 Å². The van der Waals surface area contributed by atoms with Crippen LogP contribution in [0, 0.1) is 0 Å². The van der Waals surface area contributed by atoms with Crippen molar-refractivity contribution in [1.29, 1.82) is 0 Å². The summed E-state index contributed by atoms with van der Waals surface area (Å²) in [7, 11) is -2.68. The monoisotopic (exact) mass is 591 g/mol. The number of halogens is 2. The van der Waals surface area contributed by atoms with Crippen LogP contribution >= 0.6 is 23.2 Å². The Bertz CT molecular complexity index is 1400. The van der Waals surface area contributed by atoms with Gasteiger partial charge in [-0.25, -0.2) is 8.42 Å². The van der Waals surface area contributed by atoms with Crippen molar-refractivity contribution in [1.82, 2.24) is 10.2 Å². The number of anilines is 1. The van der Waals surface area contributed by atoms with Crippen LogP contribution in [0.15, 0.2) is 77.7 Å². The molecular formula is C28H31Cl2N3O5S. The fourth-order valence-corrected chi connectivity index (χ4v) is 5.56. The van der Waals surface area contributed by atoms with Gasteiger partial charge in [0.15, 0.2) is 0 Å². The smallest absolute Gasteiger partial charge is 0.264 e. The van der Waals surface area contributed by atoms with E-state index >= 15 is 0 Å². The third-order valence-corrected chi connectivity index (χ3v) is 8.26. The van der Waals surface area contributed by atoms with Crippen molar-refractivity contribution in [2.45, 2.75) is 37.8 Å². The Morgan fingerprint density at radius 2 is 1.67 bits per heavy atom. The molecule has 0 aliphatic heterocycles. The molecule has 1 unspecified atom stereocenters. The lowest BCUT2D eigenvalue weighted by Gasteiger charge is -2.32. The maximum atomic E-state index is 13.9. The van der Waals surface area contributed by atoms with Gasteiger partial charge in [0.2, 0.25) is 11.8 Å². The summed E-state index contributed by atoms with van der Waals surface area (Å²) in [4.78, 5) is 28.1. The Labute approximate surface area is 239 Å². The third-order valence-electron chi connectivity index (χ3n) is 5.98. The minimum atomic E-state index is -4.21. The van der Waals surface area contributed by atoms with Gasteiger partial charge in [0, 0.05) is 23.1 Å². The van der Waals surface area contributed by atoms with E-state index in [4.69, 9.17) is 27.9 Å². The van der Waals surface area contributed by atoms with Crippen LogP contribution in [-0.4, -0.2) is 51.4 Å². The molecule has 0 aliphatic carbocycles. The van der Waals surface area contributed by atoms with Crippen LogP contribution in [0.25, 0.3) is 0 Å². The van der Waals surface area contributed by atoms with E-state index in [0.29, 0.717) is 27.9 Å².